The molecule has 3 unspecified atom stereocenters. The molecule has 1 saturated heterocycles. The minimum Gasteiger partial charge on any atom is -0.344 e. The van der Waals surface area contributed by atoms with E-state index in [4.69, 9.17) is 17.3 Å². The lowest BCUT2D eigenvalue weighted by atomic mass is 9.86. The fourth-order valence-corrected chi connectivity index (χ4v) is 6.50. The van der Waals surface area contributed by atoms with Gasteiger partial charge in [-0.1, -0.05) is 79.2 Å². The molecule has 1 heterocycles. The Kier molecular flexibility index (Phi) is 12.3. The van der Waals surface area contributed by atoms with E-state index in [0.29, 0.717) is 30.5 Å². The fourth-order valence-electron chi connectivity index (χ4n) is 6.14. The molecule has 2 aromatic rings. The van der Waals surface area contributed by atoms with Crippen LogP contribution < -0.4 is 21.3 Å². The third-order valence-electron chi connectivity index (χ3n) is 8.40. The van der Waals surface area contributed by atoms with Crippen LogP contribution in [-0.4, -0.2) is 66.3 Å². The molecule has 1 aliphatic heterocycles. The quantitative estimate of drug-likeness (QED) is 0.214. The summed E-state index contributed by atoms with van der Waals surface area (Å²) in [6.07, 6.45) is 9.10. The van der Waals surface area contributed by atoms with Crippen molar-refractivity contribution in [2.75, 3.05) is 32.4 Å². The molecule has 0 bridgehead atoms. The zero-order valence-electron chi connectivity index (χ0n) is 24.3. The number of piperazine rings is 1. The van der Waals surface area contributed by atoms with E-state index in [0.717, 1.165) is 29.8 Å². The van der Waals surface area contributed by atoms with Gasteiger partial charge in [0.15, 0.2) is 0 Å². The summed E-state index contributed by atoms with van der Waals surface area (Å²) in [5.41, 5.74) is 12.9. The zero-order valence-corrected chi connectivity index (χ0v) is 25.9. The number of halogens is 1. The molecule has 10 heteroatoms. The van der Waals surface area contributed by atoms with E-state index in [9.17, 15) is 9.59 Å². The van der Waals surface area contributed by atoms with Gasteiger partial charge >= 0.3 is 0 Å². The van der Waals surface area contributed by atoms with Crippen LogP contribution in [0, 0.1) is 12.8 Å². The molecule has 224 valence electrons. The summed E-state index contributed by atoms with van der Waals surface area (Å²) >= 11 is 7.67. The molecule has 2 fully saturated rings. The van der Waals surface area contributed by atoms with Crippen LogP contribution in [0.4, 0.5) is 0 Å². The first-order valence-corrected chi connectivity index (χ1v) is 16.4. The van der Waals surface area contributed by atoms with Gasteiger partial charge in [-0.05, 0) is 60.8 Å². The summed E-state index contributed by atoms with van der Waals surface area (Å²) in [6.45, 7) is 4.81. The van der Waals surface area contributed by atoms with Crippen molar-refractivity contribution in [1.29, 1.82) is 0 Å². The SMILES string of the molecule is CSNNC(C1CCCCC1)N1CCN(C(=O)C(Cc2ccc(Cl)cc2)NC(=O)CC(N)c2ccccc2C)CC1. The second kappa shape index (κ2) is 15.9. The van der Waals surface area contributed by atoms with E-state index in [2.05, 4.69) is 20.5 Å². The van der Waals surface area contributed by atoms with Crippen molar-refractivity contribution in [3.05, 3.63) is 70.2 Å². The average Bonchev–Trinajstić information content (AvgIpc) is 2.99. The molecule has 1 saturated carbocycles. The Bertz CT molecular complexity index is 1120. The van der Waals surface area contributed by atoms with E-state index in [1.165, 1.54) is 32.1 Å². The molecule has 2 aliphatic rings. The lowest BCUT2D eigenvalue weighted by Gasteiger charge is -2.44. The van der Waals surface area contributed by atoms with Crippen molar-refractivity contribution in [2.45, 2.75) is 70.1 Å². The second-order valence-electron chi connectivity index (χ2n) is 11.3. The van der Waals surface area contributed by atoms with Crippen molar-refractivity contribution in [1.82, 2.24) is 25.4 Å². The van der Waals surface area contributed by atoms with Gasteiger partial charge in [-0.15, -0.1) is 0 Å². The van der Waals surface area contributed by atoms with Gasteiger partial charge in [-0.3, -0.25) is 14.5 Å². The number of nitrogens with two attached hydrogens (primary N) is 1. The second-order valence-corrected chi connectivity index (χ2v) is 12.3. The van der Waals surface area contributed by atoms with Crippen molar-refractivity contribution < 1.29 is 9.59 Å². The molecule has 1 aliphatic carbocycles. The van der Waals surface area contributed by atoms with Crippen molar-refractivity contribution >= 4 is 35.4 Å². The fraction of sp³-hybridized carbons (Fsp3) is 0.548. The van der Waals surface area contributed by atoms with Crippen LogP contribution in [0.1, 0.15) is 61.3 Å². The third kappa shape index (κ3) is 9.17. The highest BCUT2D eigenvalue weighted by Crippen LogP contribution is 2.28. The number of carbonyl (C=O) groups excluding carboxylic acids is 2. The van der Waals surface area contributed by atoms with Crippen LogP contribution in [0.5, 0.6) is 0 Å². The van der Waals surface area contributed by atoms with Gasteiger partial charge in [0, 0.05) is 50.1 Å². The van der Waals surface area contributed by atoms with Crippen LogP contribution in [0.15, 0.2) is 48.5 Å². The van der Waals surface area contributed by atoms with Crippen LogP contribution in [0.25, 0.3) is 0 Å². The molecule has 4 rings (SSSR count). The number of carbonyl (C=O) groups is 2. The first-order valence-electron chi connectivity index (χ1n) is 14.8. The van der Waals surface area contributed by atoms with Crippen molar-refractivity contribution in [3.63, 3.8) is 0 Å². The molecule has 0 radical (unpaired) electrons. The summed E-state index contributed by atoms with van der Waals surface area (Å²) in [5.74, 6) is 0.318. The first-order chi connectivity index (χ1) is 19.9. The van der Waals surface area contributed by atoms with E-state index < -0.39 is 12.1 Å². The minimum atomic E-state index is -0.676. The maximum absolute atomic E-state index is 13.9. The number of nitrogens with one attached hydrogen (secondary N) is 3. The standard InChI is InChI=1S/C31H45ClN6O2S/c1-22-8-6-7-11-26(22)27(33)21-29(39)34-28(20-23-12-14-25(32)15-13-23)31(40)38-18-16-37(17-19-38)30(35-36-41-2)24-9-4-3-5-10-24/h6-8,11-15,24,27-28,30,35-36H,3-5,9-10,16-21,33H2,1-2H3,(H,34,39). The summed E-state index contributed by atoms with van der Waals surface area (Å²) < 4.78 is 0. The molecule has 5 N–H and O–H groups in total. The van der Waals surface area contributed by atoms with Gasteiger partial charge in [0.1, 0.15) is 6.04 Å². The third-order valence-corrected chi connectivity index (χ3v) is 8.98. The number of rotatable bonds is 12. The maximum atomic E-state index is 13.9. The maximum Gasteiger partial charge on any atom is 0.245 e. The molecule has 0 aromatic heterocycles. The Morgan fingerprint density at radius 1 is 1.02 bits per heavy atom. The van der Waals surface area contributed by atoms with Gasteiger partial charge < -0.3 is 16.0 Å². The van der Waals surface area contributed by atoms with Gasteiger partial charge in [-0.25, -0.2) is 5.43 Å². The largest absolute Gasteiger partial charge is 0.344 e. The van der Waals surface area contributed by atoms with E-state index in [-0.39, 0.29) is 24.4 Å². The highest BCUT2D eigenvalue weighted by molar-refractivity contribution is 7.96. The summed E-state index contributed by atoms with van der Waals surface area (Å²) in [7, 11) is 0. The molecule has 8 nitrogen and oxygen atoms in total. The van der Waals surface area contributed by atoms with Gasteiger partial charge in [0.2, 0.25) is 11.8 Å². The Hall–Kier alpha value is -2.14. The minimum absolute atomic E-state index is 0.0539. The average molecular weight is 601 g/mol. The van der Waals surface area contributed by atoms with Crippen LogP contribution in [0.3, 0.4) is 0 Å². The van der Waals surface area contributed by atoms with Crippen LogP contribution in [0.2, 0.25) is 5.02 Å². The number of hydrogen-bond acceptors (Lipinski definition) is 7. The lowest BCUT2D eigenvalue weighted by molar-refractivity contribution is -0.138. The Balaban J connectivity index is 1.41. The van der Waals surface area contributed by atoms with Crippen molar-refractivity contribution in [3.8, 4) is 0 Å². The van der Waals surface area contributed by atoms with Gasteiger partial charge in [-0.2, -0.15) is 4.83 Å². The summed E-state index contributed by atoms with van der Waals surface area (Å²) in [4.78, 5) is 34.7. The van der Waals surface area contributed by atoms with Crippen LogP contribution in [-0.2, 0) is 16.0 Å². The monoisotopic (exact) mass is 600 g/mol. The molecular formula is C31H45ClN6O2S. The topological polar surface area (TPSA) is 103 Å². The Morgan fingerprint density at radius 2 is 1.71 bits per heavy atom. The predicted octanol–water partition coefficient (Wildman–Crippen LogP) is 4.19. The number of aryl methyl sites for hydroxylation is 1. The van der Waals surface area contributed by atoms with E-state index >= 15 is 0 Å². The number of hydrogen-bond donors (Lipinski definition) is 4. The molecular weight excluding hydrogens is 556 g/mol. The summed E-state index contributed by atoms with van der Waals surface area (Å²) in [5, 5.41) is 3.67. The number of amides is 2. The van der Waals surface area contributed by atoms with Gasteiger partial charge in [0.25, 0.3) is 0 Å². The summed E-state index contributed by atoms with van der Waals surface area (Å²) in [6, 6.07) is 14.2. The zero-order chi connectivity index (χ0) is 29.2. The normalized spacial score (nSPS) is 19.0. The first kappa shape index (κ1) is 31.8. The molecule has 0 spiro atoms. The Morgan fingerprint density at radius 3 is 2.37 bits per heavy atom. The highest BCUT2D eigenvalue weighted by atomic mass is 35.5. The number of nitrogens with zero attached hydrogens (tertiary/aromatic N) is 2. The highest BCUT2D eigenvalue weighted by Gasteiger charge is 2.34. The smallest absolute Gasteiger partial charge is 0.245 e. The molecule has 41 heavy (non-hydrogen) atoms. The van der Waals surface area contributed by atoms with Gasteiger partial charge in [0.05, 0.1) is 6.17 Å². The van der Waals surface area contributed by atoms with E-state index in [1.807, 2.05) is 66.6 Å². The predicted molar refractivity (Wildman–Crippen MR) is 168 cm³/mol. The number of benzene rings is 2. The van der Waals surface area contributed by atoms with Crippen LogP contribution >= 0.6 is 23.5 Å². The molecule has 2 amide bonds. The van der Waals surface area contributed by atoms with Crippen molar-refractivity contribution in [2.24, 2.45) is 11.7 Å². The van der Waals surface area contributed by atoms with E-state index in [1.54, 1.807) is 11.9 Å². The molecule has 2 aromatic carbocycles. The Labute approximate surface area is 254 Å². The molecule has 3 atom stereocenters. The lowest BCUT2D eigenvalue weighted by Crippen LogP contribution is -2.61. The number of hydrazine groups is 1.